The quantitative estimate of drug-likeness (QED) is 0.365. The Morgan fingerprint density at radius 2 is 1.96 bits per heavy atom. The summed E-state index contributed by atoms with van der Waals surface area (Å²) in [6, 6.07) is 12.5. The fourth-order valence-electron chi connectivity index (χ4n) is 2.50. The standard InChI is InChI=1S/C19H20ClN3O3S/c20-15-4-1-13(2-5-15)12-27-10-9-21-19(24)14-3-8-17(22-16-6-7-16)18(11-14)23(25)26/h1-5,8,11,16,22H,6-7,9-10,12H2,(H,21,24). The lowest BCUT2D eigenvalue weighted by atomic mass is 10.1. The van der Waals surface area contributed by atoms with Gasteiger partial charge in [-0.15, -0.1) is 0 Å². The van der Waals surface area contributed by atoms with Gasteiger partial charge in [-0.1, -0.05) is 23.7 Å². The summed E-state index contributed by atoms with van der Waals surface area (Å²) in [6.07, 6.45) is 2.04. The van der Waals surface area contributed by atoms with Crippen molar-refractivity contribution in [3.63, 3.8) is 0 Å². The molecule has 1 amide bonds. The van der Waals surface area contributed by atoms with Crippen molar-refractivity contribution < 1.29 is 9.72 Å². The average molecular weight is 406 g/mol. The van der Waals surface area contributed by atoms with Crippen LogP contribution in [0.15, 0.2) is 42.5 Å². The Bertz CT molecular complexity index is 825. The van der Waals surface area contributed by atoms with Crippen LogP contribution in [0.25, 0.3) is 0 Å². The third-order valence-corrected chi connectivity index (χ3v) is 5.39. The third kappa shape index (κ3) is 5.87. The molecule has 1 aliphatic rings. The third-order valence-electron chi connectivity index (χ3n) is 4.11. The second-order valence-electron chi connectivity index (χ2n) is 6.34. The molecule has 6 nitrogen and oxygen atoms in total. The predicted molar refractivity (Wildman–Crippen MR) is 110 cm³/mol. The molecule has 0 heterocycles. The van der Waals surface area contributed by atoms with Gasteiger partial charge in [-0.2, -0.15) is 11.8 Å². The second kappa shape index (κ2) is 9.10. The van der Waals surface area contributed by atoms with E-state index in [2.05, 4.69) is 10.6 Å². The maximum atomic E-state index is 12.3. The van der Waals surface area contributed by atoms with Crippen molar-refractivity contribution in [3.05, 3.63) is 68.7 Å². The molecule has 0 unspecified atom stereocenters. The number of amides is 1. The molecule has 3 rings (SSSR count). The highest BCUT2D eigenvalue weighted by atomic mass is 35.5. The van der Waals surface area contributed by atoms with Gasteiger partial charge in [0.1, 0.15) is 5.69 Å². The van der Waals surface area contributed by atoms with Gasteiger partial charge in [-0.25, -0.2) is 0 Å². The second-order valence-corrected chi connectivity index (χ2v) is 7.88. The lowest BCUT2D eigenvalue weighted by Gasteiger charge is -2.09. The molecule has 1 aliphatic carbocycles. The number of rotatable bonds is 9. The molecule has 1 saturated carbocycles. The average Bonchev–Trinajstić information content (AvgIpc) is 3.47. The van der Waals surface area contributed by atoms with Crippen molar-refractivity contribution in [2.45, 2.75) is 24.6 Å². The molecule has 0 atom stereocenters. The molecule has 8 heteroatoms. The first-order valence-corrected chi connectivity index (χ1v) is 10.2. The highest BCUT2D eigenvalue weighted by Gasteiger charge is 2.25. The van der Waals surface area contributed by atoms with E-state index < -0.39 is 4.92 Å². The Morgan fingerprint density at radius 1 is 1.22 bits per heavy atom. The number of nitrogens with one attached hydrogen (secondary N) is 2. The molecule has 0 bridgehead atoms. The molecule has 142 valence electrons. The van der Waals surface area contributed by atoms with Gasteiger partial charge in [-0.05, 0) is 42.7 Å². The van der Waals surface area contributed by atoms with Crippen molar-refractivity contribution in [1.29, 1.82) is 0 Å². The van der Waals surface area contributed by atoms with Crippen LogP contribution in [0.3, 0.4) is 0 Å². The lowest BCUT2D eigenvalue weighted by molar-refractivity contribution is -0.384. The topological polar surface area (TPSA) is 84.3 Å². The van der Waals surface area contributed by atoms with E-state index in [0.29, 0.717) is 28.9 Å². The Hall–Kier alpha value is -2.25. The molecule has 0 aromatic heterocycles. The molecule has 1 fully saturated rings. The van der Waals surface area contributed by atoms with E-state index in [4.69, 9.17) is 11.6 Å². The minimum Gasteiger partial charge on any atom is -0.377 e. The maximum absolute atomic E-state index is 12.3. The van der Waals surface area contributed by atoms with Gasteiger partial charge < -0.3 is 10.6 Å². The predicted octanol–water partition coefficient (Wildman–Crippen LogP) is 4.49. The van der Waals surface area contributed by atoms with Crippen molar-refractivity contribution in [1.82, 2.24) is 5.32 Å². The van der Waals surface area contributed by atoms with E-state index >= 15 is 0 Å². The van der Waals surface area contributed by atoms with Gasteiger partial charge in [0.2, 0.25) is 0 Å². The number of benzene rings is 2. The highest BCUT2D eigenvalue weighted by molar-refractivity contribution is 7.98. The van der Waals surface area contributed by atoms with Gasteiger partial charge in [-0.3, -0.25) is 14.9 Å². The summed E-state index contributed by atoms with van der Waals surface area (Å²) in [5.74, 6) is 1.28. The number of halogens is 1. The summed E-state index contributed by atoms with van der Waals surface area (Å²) in [4.78, 5) is 23.1. The van der Waals surface area contributed by atoms with E-state index in [1.54, 1.807) is 23.9 Å². The summed E-state index contributed by atoms with van der Waals surface area (Å²) < 4.78 is 0. The zero-order valence-electron chi connectivity index (χ0n) is 14.6. The van der Waals surface area contributed by atoms with E-state index in [0.717, 1.165) is 24.3 Å². The molecular formula is C19H20ClN3O3S. The van der Waals surface area contributed by atoms with Crippen molar-refractivity contribution in [2.24, 2.45) is 0 Å². The van der Waals surface area contributed by atoms with E-state index in [-0.39, 0.29) is 11.6 Å². The van der Waals surface area contributed by atoms with Gasteiger partial charge >= 0.3 is 0 Å². The smallest absolute Gasteiger partial charge is 0.293 e. The number of nitro benzene ring substituents is 1. The molecule has 2 aromatic rings. The number of thioether (sulfide) groups is 1. The van der Waals surface area contributed by atoms with E-state index in [1.807, 2.05) is 24.3 Å². The molecule has 2 N–H and O–H groups in total. The largest absolute Gasteiger partial charge is 0.377 e. The van der Waals surface area contributed by atoms with Crippen LogP contribution >= 0.6 is 23.4 Å². The number of nitro groups is 1. The number of hydrogen-bond donors (Lipinski definition) is 2. The van der Waals surface area contributed by atoms with Crippen LogP contribution in [-0.2, 0) is 5.75 Å². The zero-order valence-corrected chi connectivity index (χ0v) is 16.2. The summed E-state index contributed by atoms with van der Waals surface area (Å²) in [7, 11) is 0. The number of carbonyl (C=O) groups excluding carboxylic acids is 1. The van der Waals surface area contributed by atoms with Crippen LogP contribution in [0.4, 0.5) is 11.4 Å². The monoisotopic (exact) mass is 405 g/mol. The minimum atomic E-state index is -0.455. The molecule has 0 aliphatic heterocycles. The Morgan fingerprint density at radius 3 is 2.63 bits per heavy atom. The molecule has 0 radical (unpaired) electrons. The van der Waals surface area contributed by atoms with Crippen LogP contribution in [0.5, 0.6) is 0 Å². The molecule has 0 saturated heterocycles. The lowest BCUT2D eigenvalue weighted by Crippen LogP contribution is -2.25. The number of nitrogens with zero attached hydrogens (tertiary/aromatic N) is 1. The van der Waals surface area contributed by atoms with Gasteiger partial charge in [0.15, 0.2) is 0 Å². The fraction of sp³-hybridized carbons (Fsp3) is 0.316. The van der Waals surface area contributed by atoms with E-state index in [1.165, 1.54) is 11.6 Å². The Kier molecular flexibility index (Phi) is 6.58. The molecule has 27 heavy (non-hydrogen) atoms. The summed E-state index contributed by atoms with van der Waals surface area (Å²) in [5.41, 5.74) is 1.88. The Balaban J connectivity index is 1.47. The van der Waals surface area contributed by atoms with Crippen molar-refractivity contribution in [3.8, 4) is 0 Å². The SMILES string of the molecule is O=C(NCCSCc1ccc(Cl)cc1)c1ccc(NC2CC2)c([N+](=O)[O-])c1. The number of carbonyl (C=O) groups is 1. The van der Waals surface area contributed by atoms with Gasteiger partial charge in [0.25, 0.3) is 11.6 Å². The van der Waals surface area contributed by atoms with Crippen LogP contribution in [0, 0.1) is 10.1 Å². The van der Waals surface area contributed by atoms with Crippen LogP contribution < -0.4 is 10.6 Å². The van der Waals surface area contributed by atoms with E-state index in [9.17, 15) is 14.9 Å². The number of hydrogen-bond acceptors (Lipinski definition) is 5. The maximum Gasteiger partial charge on any atom is 0.293 e. The van der Waals surface area contributed by atoms with Gasteiger partial charge in [0, 0.05) is 40.7 Å². The minimum absolute atomic E-state index is 0.0633. The molecule has 0 spiro atoms. The normalized spacial score (nSPS) is 13.2. The highest BCUT2D eigenvalue weighted by Crippen LogP contribution is 2.31. The number of anilines is 1. The summed E-state index contributed by atoms with van der Waals surface area (Å²) >= 11 is 7.55. The summed E-state index contributed by atoms with van der Waals surface area (Å²) in [5, 5.41) is 17.9. The van der Waals surface area contributed by atoms with Crippen molar-refractivity contribution >= 4 is 40.6 Å². The molecular weight excluding hydrogens is 386 g/mol. The first-order valence-electron chi connectivity index (χ1n) is 8.68. The zero-order chi connectivity index (χ0) is 19.2. The van der Waals surface area contributed by atoms with Crippen LogP contribution in [0.1, 0.15) is 28.8 Å². The fourth-order valence-corrected chi connectivity index (χ4v) is 3.45. The van der Waals surface area contributed by atoms with Gasteiger partial charge in [0.05, 0.1) is 4.92 Å². The Labute approximate surface area is 166 Å². The summed E-state index contributed by atoms with van der Waals surface area (Å²) in [6.45, 7) is 0.493. The first kappa shape index (κ1) is 19.5. The van der Waals surface area contributed by atoms with Crippen molar-refractivity contribution in [2.75, 3.05) is 17.6 Å². The van der Waals surface area contributed by atoms with Crippen LogP contribution in [-0.4, -0.2) is 29.2 Å². The first-order chi connectivity index (χ1) is 13.0. The van der Waals surface area contributed by atoms with Crippen LogP contribution in [0.2, 0.25) is 5.02 Å². The molecule has 2 aromatic carbocycles.